The lowest BCUT2D eigenvalue weighted by molar-refractivity contribution is 0.0888. The van der Waals surface area contributed by atoms with Crippen LogP contribution in [0.3, 0.4) is 0 Å². The Labute approximate surface area is 143 Å². The van der Waals surface area contributed by atoms with Gasteiger partial charge in [-0.05, 0) is 30.9 Å². The number of nitrogens with one attached hydrogen (secondary N) is 2. The third-order valence-corrected chi connectivity index (χ3v) is 4.00. The fourth-order valence-corrected chi connectivity index (χ4v) is 2.58. The van der Waals surface area contributed by atoms with Crippen LogP contribution in [-0.2, 0) is 15.9 Å². The van der Waals surface area contributed by atoms with Gasteiger partial charge in [0.05, 0.1) is 13.2 Å². The first-order chi connectivity index (χ1) is 11.8. The van der Waals surface area contributed by atoms with E-state index in [2.05, 4.69) is 15.6 Å². The van der Waals surface area contributed by atoms with E-state index in [0.717, 1.165) is 51.8 Å². The van der Waals surface area contributed by atoms with Crippen molar-refractivity contribution in [1.29, 1.82) is 0 Å². The molecule has 1 fully saturated rings. The molecule has 2 N–H and O–H groups in total. The van der Waals surface area contributed by atoms with Gasteiger partial charge in [0.1, 0.15) is 5.82 Å². The van der Waals surface area contributed by atoms with Crippen molar-refractivity contribution in [2.24, 2.45) is 10.9 Å². The lowest BCUT2D eigenvalue weighted by Crippen LogP contribution is -2.39. The van der Waals surface area contributed by atoms with E-state index in [0.29, 0.717) is 24.4 Å². The molecule has 24 heavy (non-hydrogen) atoms. The molecule has 0 bridgehead atoms. The average Bonchev–Trinajstić information content (AvgIpc) is 3.11. The minimum absolute atomic E-state index is 0.160. The number of aliphatic imine (C=N–C) groups is 1. The van der Waals surface area contributed by atoms with Crippen molar-refractivity contribution in [3.8, 4) is 0 Å². The lowest BCUT2D eigenvalue weighted by Gasteiger charge is -2.13. The molecular formula is C18H28FN3O2. The summed E-state index contributed by atoms with van der Waals surface area (Å²) < 4.78 is 24.5. The quantitative estimate of drug-likeness (QED) is 0.411. The van der Waals surface area contributed by atoms with Gasteiger partial charge in [0.15, 0.2) is 5.96 Å². The van der Waals surface area contributed by atoms with Crippen molar-refractivity contribution in [2.45, 2.75) is 19.3 Å². The molecule has 1 aliphatic rings. The zero-order valence-electron chi connectivity index (χ0n) is 14.4. The molecule has 5 nitrogen and oxygen atoms in total. The van der Waals surface area contributed by atoms with Gasteiger partial charge >= 0.3 is 0 Å². The summed E-state index contributed by atoms with van der Waals surface area (Å²) in [7, 11) is 1.73. The van der Waals surface area contributed by atoms with Gasteiger partial charge < -0.3 is 20.1 Å². The highest BCUT2D eigenvalue weighted by atomic mass is 19.1. The Bertz CT molecular complexity index is 505. The standard InChI is InChI=1S/C18H28FN3O2/c1-20-18(22-10-7-16-5-2-3-6-17(16)19)21-9-4-11-23-13-15-8-12-24-14-15/h2-3,5-6,15H,4,7-14H2,1H3,(H2,20,21,22). The molecule has 1 aromatic carbocycles. The minimum Gasteiger partial charge on any atom is -0.381 e. The van der Waals surface area contributed by atoms with Crippen molar-refractivity contribution in [1.82, 2.24) is 10.6 Å². The molecule has 1 aliphatic heterocycles. The van der Waals surface area contributed by atoms with Crippen molar-refractivity contribution in [3.05, 3.63) is 35.6 Å². The zero-order chi connectivity index (χ0) is 17.0. The lowest BCUT2D eigenvalue weighted by atomic mass is 10.1. The first-order valence-corrected chi connectivity index (χ1v) is 8.63. The van der Waals surface area contributed by atoms with Crippen molar-refractivity contribution >= 4 is 5.96 Å². The van der Waals surface area contributed by atoms with Crippen LogP contribution in [0.5, 0.6) is 0 Å². The normalized spacial score (nSPS) is 17.9. The van der Waals surface area contributed by atoms with Gasteiger partial charge in [-0.25, -0.2) is 4.39 Å². The summed E-state index contributed by atoms with van der Waals surface area (Å²) in [6.07, 6.45) is 2.65. The van der Waals surface area contributed by atoms with Gasteiger partial charge in [0.25, 0.3) is 0 Å². The van der Waals surface area contributed by atoms with Crippen LogP contribution < -0.4 is 10.6 Å². The zero-order valence-corrected chi connectivity index (χ0v) is 14.4. The number of hydrogen-bond acceptors (Lipinski definition) is 3. The van der Waals surface area contributed by atoms with Gasteiger partial charge in [-0.15, -0.1) is 0 Å². The maximum Gasteiger partial charge on any atom is 0.190 e. The van der Waals surface area contributed by atoms with Gasteiger partial charge in [-0.3, -0.25) is 4.99 Å². The minimum atomic E-state index is -0.160. The number of benzene rings is 1. The van der Waals surface area contributed by atoms with Crippen molar-refractivity contribution in [3.63, 3.8) is 0 Å². The highest BCUT2D eigenvalue weighted by Gasteiger charge is 2.15. The van der Waals surface area contributed by atoms with Crippen LogP contribution in [-0.4, -0.2) is 52.5 Å². The predicted octanol–water partition coefficient (Wildman–Crippen LogP) is 1.98. The third-order valence-electron chi connectivity index (χ3n) is 4.00. The average molecular weight is 337 g/mol. The van der Waals surface area contributed by atoms with Crippen LogP contribution in [0.25, 0.3) is 0 Å². The summed E-state index contributed by atoms with van der Waals surface area (Å²) >= 11 is 0. The molecule has 6 heteroatoms. The predicted molar refractivity (Wildman–Crippen MR) is 93.8 cm³/mol. The van der Waals surface area contributed by atoms with Gasteiger partial charge in [0.2, 0.25) is 0 Å². The molecule has 1 atom stereocenters. The smallest absolute Gasteiger partial charge is 0.190 e. The Morgan fingerprint density at radius 1 is 1.33 bits per heavy atom. The molecule has 134 valence electrons. The molecule has 0 saturated carbocycles. The second-order valence-electron chi connectivity index (χ2n) is 5.93. The first-order valence-electron chi connectivity index (χ1n) is 8.63. The monoisotopic (exact) mass is 337 g/mol. The molecule has 1 unspecified atom stereocenters. The van der Waals surface area contributed by atoms with Gasteiger partial charge in [0, 0.05) is 39.3 Å². The van der Waals surface area contributed by atoms with Crippen LogP contribution in [0, 0.1) is 11.7 Å². The Hall–Kier alpha value is -1.66. The topological polar surface area (TPSA) is 54.9 Å². The highest BCUT2D eigenvalue weighted by molar-refractivity contribution is 5.79. The number of nitrogens with zero attached hydrogens (tertiary/aromatic N) is 1. The molecule has 0 spiro atoms. The van der Waals surface area contributed by atoms with Crippen molar-refractivity contribution in [2.75, 3.05) is 46.6 Å². The maximum absolute atomic E-state index is 13.5. The van der Waals surface area contributed by atoms with E-state index in [1.54, 1.807) is 19.2 Å². The fraction of sp³-hybridized carbons (Fsp3) is 0.611. The number of halogens is 1. The Morgan fingerprint density at radius 2 is 2.17 bits per heavy atom. The number of guanidine groups is 1. The molecule has 2 rings (SSSR count). The van der Waals surface area contributed by atoms with Crippen LogP contribution >= 0.6 is 0 Å². The van der Waals surface area contributed by atoms with Crippen LogP contribution in [0.4, 0.5) is 4.39 Å². The van der Waals surface area contributed by atoms with E-state index >= 15 is 0 Å². The summed E-state index contributed by atoms with van der Waals surface area (Å²) in [5, 5.41) is 6.43. The SMILES string of the molecule is CN=C(NCCCOCC1CCOC1)NCCc1ccccc1F. The van der Waals surface area contributed by atoms with Crippen LogP contribution in [0.15, 0.2) is 29.3 Å². The number of rotatable bonds is 9. The van der Waals surface area contributed by atoms with E-state index in [9.17, 15) is 4.39 Å². The summed E-state index contributed by atoms with van der Waals surface area (Å²) in [6.45, 7) is 4.64. The fourth-order valence-electron chi connectivity index (χ4n) is 2.58. The number of ether oxygens (including phenoxy) is 2. The largest absolute Gasteiger partial charge is 0.381 e. The van der Waals surface area contributed by atoms with E-state index in [4.69, 9.17) is 9.47 Å². The second-order valence-corrected chi connectivity index (χ2v) is 5.93. The molecule has 0 aliphatic carbocycles. The second kappa shape index (κ2) is 11.0. The van der Waals surface area contributed by atoms with Crippen molar-refractivity contribution < 1.29 is 13.9 Å². The molecule has 1 heterocycles. The molecule has 1 aromatic rings. The summed E-state index contributed by atoms with van der Waals surface area (Å²) in [5.41, 5.74) is 0.713. The highest BCUT2D eigenvalue weighted by Crippen LogP contribution is 2.12. The van der Waals surface area contributed by atoms with E-state index in [-0.39, 0.29) is 5.82 Å². The Balaban J connectivity index is 1.51. The first kappa shape index (κ1) is 18.7. The molecule has 0 radical (unpaired) electrons. The number of hydrogen-bond donors (Lipinski definition) is 2. The molecule has 1 saturated heterocycles. The summed E-state index contributed by atoms with van der Waals surface area (Å²) in [6, 6.07) is 6.85. The molecule has 0 aromatic heterocycles. The summed E-state index contributed by atoms with van der Waals surface area (Å²) in [5.74, 6) is 1.13. The molecule has 0 amide bonds. The Kier molecular flexibility index (Phi) is 8.55. The van der Waals surface area contributed by atoms with Crippen LogP contribution in [0.2, 0.25) is 0 Å². The van der Waals surface area contributed by atoms with Gasteiger partial charge in [-0.2, -0.15) is 0 Å². The third kappa shape index (κ3) is 6.84. The van der Waals surface area contributed by atoms with Crippen LogP contribution in [0.1, 0.15) is 18.4 Å². The van der Waals surface area contributed by atoms with E-state index in [1.807, 2.05) is 6.07 Å². The molecular weight excluding hydrogens is 309 g/mol. The summed E-state index contributed by atoms with van der Waals surface area (Å²) in [4.78, 5) is 4.17. The maximum atomic E-state index is 13.5. The Morgan fingerprint density at radius 3 is 2.92 bits per heavy atom. The van der Waals surface area contributed by atoms with E-state index < -0.39 is 0 Å². The van der Waals surface area contributed by atoms with E-state index in [1.165, 1.54) is 6.07 Å². The van der Waals surface area contributed by atoms with Gasteiger partial charge in [-0.1, -0.05) is 18.2 Å².